The molecular weight excluding hydrogens is 220 g/mol. The van der Waals surface area contributed by atoms with Gasteiger partial charge in [0.25, 0.3) is 0 Å². The molecule has 0 bridgehead atoms. The Hall–Kier alpha value is -0.650. The van der Waals surface area contributed by atoms with Crippen LogP contribution >= 0.6 is 0 Å². The van der Waals surface area contributed by atoms with Gasteiger partial charge >= 0.3 is 0 Å². The summed E-state index contributed by atoms with van der Waals surface area (Å²) in [6, 6.07) is 0.229. The summed E-state index contributed by atoms with van der Waals surface area (Å²) in [7, 11) is 0. The van der Waals surface area contributed by atoms with Gasteiger partial charge in [-0.15, -0.1) is 0 Å². The molecule has 1 unspecified atom stereocenters. The van der Waals surface area contributed by atoms with Crippen molar-refractivity contribution in [3.8, 4) is 0 Å². The molecule has 0 aromatic rings. The standard InChI is InChI=1S/C12H24N2O3/c1-9(15)12(2,3)13-8-11(16)14-10-4-6-17-7-5-10/h9-10,13,15H,4-8H2,1-3H3,(H,14,16). The van der Waals surface area contributed by atoms with Crippen LogP contribution in [-0.2, 0) is 9.53 Å². The lowest BCUT2D eigenvalue weighted by atomic mass is 9.99. The second kappa shape index (κ2) is 6.33. The Morgan fingerprint density at radius 2 is 2.06 bits per heavy atom. The molecule has 1 amide bonds. The highest BCUT2D eigenvalue weighted by Crippen LogP contribution is 2.08. The number of aliphatic hydroxyl groups excluding tert-OH is 1. The van der Waals surface area contributed by atoms with Crippen molar-refractivity contribution in [2.24, 2.45) is 0 Å². The van der Waals surface area contributed by atoms with Crippen molar-refractivity contribution in [2.75, 3.05) is 19.8 Å². The van der Waals surface area contributed by atoms with Crippen LogP contribution in [0.3, 0.4) is 0 Å². The van der Waals surface area contributed by atoms with Crippen molar-refractivity contribution in [3.63, 3.8) is 0 Å². The number of hydrogen-bond donors (Lipinski definition) is 3. The fraction of sp³-hybridized carbons (Fsp3) is 0.917. The van der Waals surface area contributed by atoms with E-state index in [0.29, 0.717) is 0 Å². The molecule has 100 valence electrons. The first-order valence-electron chi connectivity index (χ1n) is 6.22. The first-order chi connectivity index (χ1) is 7.92. The fourth-order valence-electron chi connectivity index (χ4n) is 1.58. The summed E-state index contributed by atoms with van der Waals surface area (Å²) < 4.78 is 5.23. The number of hydrogen-bond acceptors (Lipinski definition) is 4. The van der Waals surface area contributed by atoms with Gasteiger partial charge in [-0.1, -0.05) is 0 Å². The van der Waals surface area contributed by atoms with E-state index < -0.39 is 11.6 Å². The van der Waals surface area contributed by atoms with Gasteiger partial charge in [0, 0.05) is 24.8 Å². The van der Waals surface area contributed by atoms with E-state index in [1.807, 2.05) is 13.8 Å². The average Bonchev–Trinajstić information content (AvgIpc) is 2.28. The number of aliphatic hydroxyl groups is 1. The lowest BCUT2D eigenvalue weighted by Gasteiger charge is -2.30. The van der Waals surface area contributed by atoms with Gasteiger partial charge in [0.05, 0.1) is 12.6 Å². The minimum atomic E-state index is -0.501. The zero-order chi connectivity index (χ0) is 12.9. The number of rotatable bonds is 5. The molecular formula is C12H24N2O3. The molecule has 1 saturated heterocycles. The maximum absolute atomic E-state index is 11.7. The van der Waals surface area contributed by atoms with Crippen molar-refractivity contribution >= 4 is 5.91 Å². The van der Waals surface area contributed by atoms with Crippen LogP contribution < -0.4 is 10.6 Å². The number of amides is 1. The minimum absolute atomic E-state index is 0.0226. The highest BCUT2D eigenvalue weighted by Gasteiger charge is 2.24. The molecule has 17 heavy (non-hydrogen) atoms. The summed E-state index contributed by atoms with van der Waals surface area (Å²) in [5.41, 5.74) is -0.451. The minimum Gasteiger partial charge on any atom is -0.392 e. The van der Waals surface area contributed by atoms with Crippen molar-refractivity contribution in [1.29, 1.82) is 0 Å². The van der Waals surface area contributed by atoms with Crippen molar-refractivity contribution < 1.29 is 14.6 Å². The summed E-state index contributed by atoms with van der Waals surface area (Å²) in [6.45, 7) is 7.13. The predicted octanol–water partition coefficient (Wildman–Crippen LogP) is 0.0306. The molecule has 1 fully saturated rings. The quantitative estimate of drug-likeness (QED) is 0.638. The van der Waals surface area contributed by atoms with E-state index >= 15 is 0 Å². The van der Waals surface area contributed by atoms with E-state index in [9.17, 15) is 9.90 Å². The van der Waals surface area contributed by atoms with Gasteiger partial charge in [0.15, 0.2) is 0 Å². The Labute approximate surface area is 103 Å². The van der Waals surface area contributed by atoms with Crippen LogP contribution in [0.15, 0.2) is 0 Å². The van der Waals surface area contributed by atoms with E-state index in [0.717, 1.165) is 26.1 Å². The molecule has 5 heteroatoms. The predicted molar refractivity (Wildman–Crippen MR) is 65.7 cm³/mol. The number of carbonyl (C=O) groups excluding carboxylic acids is 1. The maximum Gasteiger partial charge on any atom is 0.234 e. The lowest BCUT2D eigenvalue weighted by molar-refractivity contribution is -0.122. The molecule has 1 aliphatic rings. The molecule has 1 heterocycles. The lowest BCUT2D eigenvalue weighted by Crippen LogP contribution is -2.52. The third-order valence-electron chi connectivity index (χ3n) is 3.34. The molecule has 0 aliphatic carbocycles. The van der Waals surface area contributed by atoms with Crippen molar-refractivity contribution in [1.82, 2.24) is 10.6 Å². The Morgan fingerprint density at radius 3 is 2.59 bits per heavy atom. The molecule has 1 rings (SSSR count). The molecule has 0 aromatic carbocycles. The SMILES string of the molecule is CC(O)C(C)(C)NCC(=O)NC1CCOCC1. The zero-order valence-electron chi connectivity index (χ0n) is 11.0. The van der Waals surface area contributed by atoms with E-state index in [4.69, 9.17) is 4.74 Å². The van der Waals surface area contributed by atoms with E-state index in [1.165, 1.54) is 0 Å². The van der Waals surface area contributed by atoms with E-state index in [2.05, 4.69) is 10.6 Å². The van der Waals surface area contributed by atoms with Gasteiger partial charge in [-0.2, -0.15) is 0 Å². The first-order valence-corrected chi connectivity index (χ1v) is 6.22. The average molecular weight is 244 g/mol. The highest BCUT2D eigenvalue weighted by molar-refractivity contribution is 5.78. The Balaban J connectivity index is 2.25. The van der Waals surface area contributed by atoms with Crippen molar-refractivity contribution in [2.45, 2.75) is 51.3 Å². The van der Waals surface area contributed by atoms with Crippen LogP contribution in [0, 0.1) is 0 Å². The van der Waals surface area contributed by atoms with Gasteiger partial charge in [-0.05, 0) is 33.6 Å². The summed E-state index contributed by atoms with van der Waals surface area (Å²) >= 11 is 0. The highest BCUT2D eigenvalue weighted by atomic mass is 16.5. The summed E-state index contributed by atoms with van der Waals surface area (Å²) in [5.74, 6) is -0.0226. The van der Waals surface area contributed by atoms with Gasteiger partial charge < -0.3 is 20.5 Å². The van der Waals surface area contributed by atoms with Crippen LogP contribution in [0.5, 0.6) is 0 Å². The first kappa shape index (κ1) is 14.4. The number of nitrogens with one attached hydrogen (secondary N) is 2. The molecule has 5 nitrogen and oxygen atoms in total. The van der Waals surface area contributed by atoms with Crippen LogP contribution in [0.2, 0.25) is 0 Å². The Kier molecular flexibility index (Phi) is 5.36. The second-order valence-corrected chi connectivity index (χ2v) is 5.21. The van der Waals surface area contributed by atoms with Crippen LogP contribution in [0.1, 0.15) is 33.6 Å². The Bertz CT molecular complexity index is 248. The summed E-state index contributed by atoms with van der Waals surface area (Å²) in [4.78, 5) is 11.7. The fourth-order valence-corrected chi connectivity index (χ4v) is 1.58. The third kappa shape index (κ3) is 5.02. The third-order valence-corrected chi connectivity index (χ3v) is 3.34. The van der Waals surface area contributed by atoms with Gasteiger partial charge in [-0.3, -0.25) is 4.79 Å². The molecule has 1 atom stereocenters. The normalized spacial score (nSPS) is 20.0. The molecule has 0 spiro atoms. The van der Waals surface area contributed by atoms with E-state index in [1.54, 1.807) is 6.92 Å². The molecule has 0 radical (unpaired) electrons. The van der Waals surface area contributed by atoms with Crippen LogP contribution in [0.25, 0.3) is 0 Å². The monoisotopic (exact) mass is 244 g/mol. The number of ether oxygens (including phenoxy) is 1. The zero-order valence-corrected chi connectivity index (χ0v) is 11.0. The van der Waals surface area contributed by atoms with Gasteiger partial charge in [0.1, 0.15) is 0 Å². The van der Waals surface area contributed by atoms with E-state index in [-0.39, 0.29) is 18.5 Å². The van der Waals surface area contributed by atoms with Crippen LogP contribution in [-0.4, -0.2) is 48.5 Å². The largest absolute Gasteiger partial charge is 0.392 e. The number of carbonyl (C=O) groups is 1. The van der Waals surface area contributed by atoms with Crippen molar-refractivity contribution in [3.05, 3.63) is 0 Å². The molecule has 0 saturated carbocycles. The second-order valence-electron chi connectivity index (χ2n) is 5.21. The molecule has 1 aliphatic heterocycles. The van der Waals surface area contributed by atoms with Gasteiger partial charge in [-0.25, -0.2) is 0 Å². The van der Waals surface area contributed by atoms with Crippen LogP contribution in [0.4, 0.5) is 0 Å². The summed E-state index contributed by atoms with van der Waals surface area (Å²) in [5, 5.41) is 15.5. The molecule has 0 aromatic heterocycles. The maximum atomic E-state index is 11.7. The topological polar surface area (TPSA) is 70.6 Å². The Morgan fingerprint density at radius 1 is 1.47 bits per heavy atom. The molecule has 3 N–H and O–H groups in total. The summed E-state index contributed by atoms with van der Waals surface area (Å²) in [6.07, 6.45) is 1.26. The smallest absolute Gasteiger partial charge is 0.234 e. The van der Waals surface area contributed by atoms with Gasteiger partial charge in [0.2, 0.25) is 5.91 Å².